The lowest BCUT2D eigenvalue weighted by atomic mass is 10.1. The normalized spacial score (nSPS) is 10.4. The highest BCUT2D eigenvalue weighted by Crippen LogP contribution is 2.17. The summed E-state index contributed by atoms with van der Waals surface area (Å²) in [6.45, 7) is 0. The minimum Gasteiger partial charge on any atom is -0.469 e. The second kappa shape index (κ2) is 3.54. The van der Waals surface area contributed by atoms with E-state index >= 15 is 0 Å². The number of halogens is 1. The summed E-state index contributed by atoms with van der Waals surface area (Å²) in [4.78, 5) is 0. The number of hydrogen-bond donors (Lipinski definition) is 1. The van der Waals surface area contributed by atoms with Gasteiger partial charge in [0.1, 0.15) is 11.6 Å². The molecule has 1 aromatic heterocycles. The van der Waals surface area contributed by atoms with Crippen molar-refractivity contribution < 1.29 is 8.81 Å². The Bertz CT molecular complexity index is 423. The maximum Gasteiger partial charge on any atom is 0.125 e. The van der Waals surface area contributed by atoms with Crippen molar-refractivity contribution >= 4 is 5.69 Å². The topological polar surface area (TPSA) is 39.2 Å². The van der Waals surface area contributed by atoms with Crippen LogP contribution < -0.4 is 5.73 Å². The number of anilines is 1. The van der Waals surface area contributed by atoms with Gasteiger partial charge in [0.05, 0.1) is 6.26 Å². The molecule has 0 saturated heterocycles. The number of nitrogens with two attached hydrogens (primary N) is 1. The molecular formula is C11H10FNO. The summed E-state index contributed by atoms with van der Waals surface area (Å²) in [5, 5.41) is 0. The Morgan fingerprint density at radius 3 is 2.79 bits per heavy atom. The van der Waals surface area contributed by atoms with E-state index in [2.05, 4.69) is 0 Å². The Labute approximate surface area is 81.2 Å². The van der Waals surface area contributed by atoms with Crippen LogP contribution in [0, 0.1) is 5.82 Å². The van der Waals surface area contributed by atoms with Crippen LogP contribution in [0.4, 0.5) is 10.1 Å². The van der Waals surface area contributed by atoms with E-state index in [1.165, 1.54) is 12.1 Å². The first-order valence-corrected chi connectivity index (χ1v) is 4.32. The van der Waals surface area contributed by atoms with Crippen LogP contribution in [-0.4, -0.2) is 0 Å². The van der Waals surface area contributed by atoms with Crippen LogP contribution in [0.1, 0.15) is 11.3 Å². The molecule has 0 unspecified atom stereocenters. The maximum atomic E-state index is 12.7. The van der Waals surface area contributed by atoms with Gasteiger partial charge in [0, 0.05) is 12.1 Å². The fourth-order valence-corrected chi connectivity index (χ4v) is 1.33. The molecule has 2 rings (SSSR count). The van der Waals surface area contributed by atoms with E-state index in [-0.39, 0.29) is 5.82 Å². The minimum absolute atomic E-state index is 0.314. The fourth-order valence-electron chi connectivity index (χ4n) is 1.33. The number of benzene rings is 1. The molecule has 0 aliphatic heterocycles. The Kier molecular flexibility index (Phi) is 2.23. The summed E-state index contributed by atoms with van der Waals surface area (Å²) in [7, 11) is 0. The van der Waals surface area contributed by atoms with E-state index < -0.39 is 0 Å². The van der Waals surface area contributed by atoms with Gasteiger partial charge in [-0.15, -0.1) is 0 Å². The molecule has 0 amide bonds. The van der Waals surface area contributed by atoms with Gasteiger partial charge in [-0.3, -0.25) is 0 Å². The second-order valence-corrected chi connectivity index (χ2v) is 3.10. The molecule has 0 radical (unpaired) electrons. The lowest BCUT2D eigenvalue weighted by Crippen LogP contribution is -1.95. The molecule has 14 heavy (non-hydrogen) atoms. The summed E-state index contributed by atoms with van der Waals surface area (Å²) in [6, 6.07) is 8.07. The number of nitrogen functional groups attached to an aromatic ring is 1. The standard InChI is InChI=1S/C11H10FNO/c12-9-4-3-8(11(13)7-9)6-10-2-1-5-14-10/h1-5,7H,6,13H2. The van der Waals surface area contributed by atoms with Crippen LogP contribution in [0.25, 0.3) is 0 Å². The van der Waals surface area contributed by atoms with Crippen LogP contribution in [0.2, 0.25) is 0 Å². The smallest absolute Gasteiger partial charge is 0.125 e. The molecule has 2 N–H and O–H groups in total. The van der Waals surface area contributed by atoms with Crippen molar-refractivity contribution in [3.8, 4) is 0 Å². The molecule has 2 aromatic rings. The van der Waals surface area contributed by atoms with Crippen LogP contribution in [0.3, 0.4) is 0 Å². The third kappa shape index (κ3) is 1.76. The highest BCUT2D eigenvalue weighted by atomic mass is 19.1. The van der Waals surface area contributed by atoms with Gasteiger partial charge in [0.15, 0.2) is 0 Å². The average molecular weight is 191 g/mol. The van der Waals surface area contributed by atoms with E-state index in [0.29, 0.717) is 12.1 Å². The molecular weight excluding hydrogens is 181 g/mol. The number of hydrogen-bond acceptors (Lipinski definition) is 2. The average Bonchev–Trinajstić information content (AvgIpc) is 2.62. The third-order valence-electron chi connectivity index (χ3n) is 2.05. The molecule has 72 valence electrons. The van der Waals surface area contributed by atoms with Gasteiger partial charge < -0.3 is 10.2 Å². The van der Waals surface area contributed by atoms with Crippen molar-refractivity contribution in [2.45, 2.75) is 6.42 Å². The van der Waals surface area contributed by atoms with Gasteiger partial charge >= 0.3 is 0 Å². The van der Waals surface area contributed by atoms with Crippen molar-refractivity contribution in [2.24, 2.45) is 0 Å². The fraction of sp³-hybridized carbons (Fsp3) is 0.0909. The molecule has 0 aliphatic rings. The highest BCUT2D eigenvalue weighted by Gasteiger charge is 2.03. The van der Waals surface area contributed by atoms with Gasteiger partial charge in [-0.05, 0) is 29.8 Å². The summed E-state index contributed by atoms with van der Waals surface area (Å²) in [5.41, 5.74) is 6.99. The molecule has 1 heterocycles. The predicted octanol–water partition coefficient (Wildman–Crippen LogP) is 2.59. The van der Waals surface area contributed by atoms with E-state index in [9.17, 15) is 4.39 Å². The van der Waals surface area contributed by atoms with Crippen molar-refractivity contribution in [3.05, 3.63) is 53.7 Å². The SMILES string of the molecule is Nc1cc(F)ccc1Cc1ccco1. The quantitative estimate of drug-likeness (QED) is 0.741. The number of rotatable bonds is 2. The third-order valence-corrected chi connectivity index (χ3v) is 2.05. The summed E-state index contributed by atoms with van der Waals surface area (Å²) < 4.78 is 17.9. The molecule has 3 heteroatoms. The van der Waals surface area contributed by atoms with Crippen molar-refractivity contribution in [2.75, 3.05) is 5.73 Å². The first kappa shape index (κ1) is 8.81. The predicted molar refractivity (Wildman–Crippen MR) is 52.3 cm³/mol. The molecule has 0 fully saturated rings. The second-order valence-electron chi connectivity index (χ2n) is 3.10. The lowest BCUT2D eigenvalue weighted by Gasteiger charge is -2.02. The first-order valence-electron chi connectivity index (χ1n) is 4.32. The van der Waals surface area contributed by atoms with Gasteiger partial charge in [-0.2, -0.15) is 0 Å². The zero-order valence-corrected chi connectivity index (χ0v) is 7.53. The van der Waals surface area contributed by atoms with E-state index in [1.54, 1.807) is 12.3 Å². The monoisotopic (exact) mass is 191 g/mol. The highest BCUT2D eigenvalue weighted by molar-refractivity contribution is 5.48. The Morgan fingerprint density at radius 1 is 1.29 bits per heavy atom. The van der Waals surface area contributed by atoms with Gasteiger partial charge in [0.25, 0.3) is 0 Å². The summed E-state index contributed by atoms with van der Waals surface area (Å²) in [5.74, 6) is 0.508. The molecule has 1 aromatic carbocycles. The molecule has 0 atom stereocenters. The molecule has 2 nitrogen and oxygen atoms in total. The molecule has 0 spiro atoms. The summed E-state index contributed by atoms with van der Waals surface area (Å²) in [6.07, 6.45) is 2.20. The largest absolute Gasteiger partial charge is 0.469 e. The van der Waals surface area contributed by atoms with Crippen molar-refractivity contribution in [3.63, 3.8) is 0 Å². The van der Waals surface area contributed by atoms with E-state index in [4.69, 9.17) is 10.2 Å². The minimum atomic E-state index is -0.314. The zero-order chi connectivity index (χ0) is 9.97. The van der Waals surface area contributed by atoms with E-state index in [0.717, 1.165) is 11.3 Å². The van der Waals surface area contributed by atoms with Gasteiger partial charge in [-0.1, -0.05) is 6.07 Å². The van der Waals surface area contributed by atoms with Crippen molar-refractivity contribution in [1.82, 2.24) is 0 Å². The Hall–Kier alpha value is -1.77. The van der Waals surface area contributed by atoms with Gasteiger partial charge in [-0.25, -0.2) is 4.39 Å². The van der Waals surface area contributed by atoms with Crippen LogP contribution in [-0.2, 0) is 6.42 Å². The summed E-state index contributed by atoms with van der Waals surface area (Å²) >= 11 is 0. The molecule has 0 aliphatic carbocycles. The molecule has 0 bridgehead atoms. The lowest BCUT2D eigenvalue weighted by molar-refractivity contribution is 0.521. The number of furan rings is 1. The Balaban J connectivity index is 2.25. The van der Waals surface area contributed by atoms with Crippen LogP contribution >= 0.6 is 0 Å². The molecule has 0 saturated carbocycles. The maximum absolute atomic E-state index is 12.7. The zero-order valence-electron chi connectivity index (χ0n) is 7.53. The van der Waals surface area contributed by atoms with E-state index in [1.807, 2.05) is 12.1 Å². The van der Waals surface area contributed by atoms with Gasteiger partial charge in [0.2, 0.25) is 0 Å². The van der Waals surface area contributed by atoms with Crippen LogP contribution in [0.15, 0.2) is 41.0 Å². The Morgan fingerprint density at radius 2 is 2.14 bits per heavy atom. The van der Waals surface area contributed by atoms with Crippen LogP contribution in [0.5, 0.6) is 0 Å². The van der Waals surface area contributed by atoms with Crippen molar-refractivity contribution in [1.29, 1.82) is 0 Å². The first-order chi connectivity index (χ1) is 6.75.